The number of nitrogens with one attached hydrogen (secondary N) is 1. The molecular formula is C21H34N4O2. The Balaban J connectivity index is 1.48. The topological polar surface area (TPSA) is 71.3 Å². The Labute approximate surface area is 162 Å². The number of amides is 1. The molecule has 0 atom stereocenters. The molecule has 0 bridgehead atoms. The molecule has 2 heterocycles. The van der Waals surface area contributed by atoms with Crippen LogP contribution in [0.3, 0.4) is 0 Å². The van der Waals surface area contributed by atoms with Gasteiger partial charge >= 0.3 is 0 Å². The monoisotopic (exact) mass is 374 g/mol. The molecule has 6 nitrogen and oxygen atoms in total. The number of carbonyl (C=O) groups excluding carboxylic acids is 1. The van der Waals surface area contributed by atoms with Gasteiger partial charge in [0.2, 0.25) is 11.8 Å². The van der Waals surface area contributed by atoms with E-state index >= 15 is 0 Å². The highest BCUT2D eigenvalue weighted by Gasteiger charge is 2.55. The Morgan fingerprint density at radius 3 is 2.48 bits per heavy atom. The summed E-state index contributed by atoms with van der Waals surface area (Å²) in [5.41, 5.74) is -0.663. The predicted molar refractivity (Wildman–Crippen MR) is 103 cm³/mol. The van der Waals surface area contributed by atoms with Crippen LogP contribution in [0.25, 0.3) is 0 Å². The molecule has 1 aromatic heterocycles. The van der Waals surface area contributed by atoms with Gasteiger partial charge in [0.25, 0.3) is 0 Å². The lowest BCUT2D eigenvalue weighted by Crippen LogP contribution is -2.56. The van der Waals surface area contributed by atoms with E-state index in [2.05, 4.69) is 20.4 Å². The Bertz CT molecular complexity index is 669. The van der Waals surface area contributed by atoms with E-state index in [1.165, 1.54) is 32.1 Å². The fraction of sp³-hybridized carbons (Fsp3) is 0.857. The van der Waals surface area contributed by atoms with Crippen molar-refractivity contribution >= 4 is 5.91 Å². The van der Waals surface area contributed by atoms with Crippen LogP contribution < -0.4 is 5.32 Å². The summed E-state index contributed by atoms with van der Waals surface area (Å²) >= 11 is 0. The van der Waals surface area contributed by atoms with Crippen molar-refractivity contribution in [2.45, 2.75) is 102 Å². The molecule has 2 saturated carbocycles. The third-order valence-corrected chi connectivity index (χ3v) is 6.97. The van der Waals surface area contributed by atoms with Gasteiger partial charge < -0.3 is 9.42 Å². The largest absolute Gasteiger partial charge is 0.339 e. The lowest BCUT2D eigenvalue weighted by atomic mass is 9.80. The van der Waals surface area contributed by atoms with Crippen molar-refractivity contribution in [2.24, 2.45) is 5.92 Å². The maximum absolute atomic E-state index is 13.2. The summed E-state index contributed by atoms with van der Waals surface area (Å²) in [4.78, 5) is 19.9. The van der Waals surface area contributed by atoms with Crippen molar-refractivity contribution < 1.29 is 9.32 Å². The number of nitrogens with zero attached hydrogens (tertiary/aromatic N) is 3. The fourth-order valence-corrected chi connectivity index (χ4v) is 5.43. The van der Waals surface area contributed by atoms with Crippen LogP contribution in [0, 0.1) is 5.92 Å². The molecule has 1 N–H and O–H groups in total. The molecule has 3 fully saturated rings. The zero-order valence-corrected chi connectivity index (χ0v) is 17.1. The zero-order chi connectivity index (χ0) is 19.1. The van der Waals surface area contributed by atoms with Crippen LogP contribution >= 0.6 is 0 Å². The fourth-order valence-electron chi connectivity index (χ4n) is 5.43. The van der Waals surface area contributed by atoms with Gasteiger partial charge in [0, 0.05) is 18.9 Å². The molecule has 1 spiro atoms. The van der Waals surface area contributed by atoms with Crippen LogP contribution in [-0.4, -0.2) is 38.7 Å². The average molecular weight is 375 g/mol. The lowest BCUT2D eigenvalue weighted by molar-refractivity contribution is -0.136. The maximum Gasteiger partial charge on any atom is 0.243 e. The Hall–Kier alpha value is -1.43. The van der Waals surface area contributed by atoms with Crippen molar-refractivity contribution in [3.05, 3.63) is 11.7 Å². The van der Waals surface area contributed by atoms with Crippen LogP contribution in [0.5, 0.6) is 0 Å². The number of hydrogen-bond acceptors (Lipinski definition) is 5. The first-order valence-corrected chi connectivity index (χ1v) is 10.9. The summed E-state index contributed by atoms with van der Waals surface area (Å²) in [6.45, 7) is 7.04. The van der Waals surface area contributed by atoms with Gasteiger partial charge in [-0.1, -0.05) is 31.3 Å². The summed E-state index contributed by atoms with van der Waals surface area (Å²) < 4.78 is 5.49. The minimum Gasteiger partial charge on any atom is -0.339 e. The van der Waals surface area contributed by atoms with E-state index in [4.69, 9.17) is 4.52 Å². The number of rotatable bonds is 4. The van der Waals surface area contributed by atoms with Gasteiger partial charge in [-0.05, 0) is 58.3 Å². The lowest BCUT2D eigenvalue weighted by Gasteiger charge is -2.44. The van der Waals surface area contributed by atoms with Gasteiger partial charge in [0.05, 0.1) is 11.2 Å². The smallest absolute Gasteiger partial charge is 0.243 e. The van der Waals surface area contributed by atoms with Crippen molar-refractivity contribution in [1.29, 1.82) is 0 Å². The van der Waals surface area contributed by atoms with Gasteiger partial charge in [0.15, 0.2) is 5.82 Å². The quantitative estimate of drug-likeness (QED) is 0.868. The minimum absolute atomic E-state index is 0.192. The Morgan fingerprint density at radius 2 is 1.85 bits per heavy atom. The first-order chi connectivity index (χ1) is 12.9. The summed E-state index contributed by atoms with van der Waals surface area (Å²) in [5.74, 6) is 2.83. The first kappa shape index (κ1) is 18.9. The number of carbonyl (C=O) groups is 1. The maximum atomic E-state index is 13.2. The number of aromatic nitrogens is 2. The molecule has 4 rings (SSSR count). The average Bonchev–Trinajstić information content (AvgIpc) is 3.21. The van der Waals surface area contributed by atoms with E-state index in [0.717, 1.165) is 50.4 Å². The highest BCUT2D eigenvalue weighted by Crippen LogP contribution is 2.44. The molecule has 1 aromatic rings. The van der Waals surface area contributed by atoms with Crippen molar-refractivity contribution in [3.8, 4) is 0 Å². The molecule has 2 aliphatic carbocycles. The van der Waals surface area contributed by atoms with E-state index in [-0.39, 0.29) is 11.6 Å². The standard InChI is InChI=1S/C21H34N4O2/c1-4-17-22-18(27-23-17)16-10-12-21(13-11-16)24-20(2,3)19(26)25(21)14-15-8-6-5-7-9-15/h15-16,24H,4-14H2,1-3H3. The second-order valence-corrected chi connectivity index (χ2v) is 9.38. The predicted octanol–water partition coefficient (Wildman–Crippen LogP) is 3.78. The molecule has 0 radical (unpaired) electrons. The van der Waals surface area contributed by atoms with Gasteiger partial charge in [0.1, 0.15) is 0 Å². The zero-order valence-electron chi connectivity index (χ0n) is 17.1. The normalized spacial score (nSPS) is 31.7. The van der Waals surface area contributed by atoms with E-state index < -0.39 is 5.54 Å². The van der Waals surface area contributed by atoms with E-state index in [1.54, 1.807) is 0 Å². The van der Waals surface area contributed by atoms with Crippen LogP contribution in [-0.2, 0) is 11.2 Å². The molecule has 27 heavy (non-hydrogen) atoms. The van der Waals surface area contributed by atoms with E-state index in [9.17, 15) is 4.79 Å². The van der Waals surface area contributed by atoms with Gasteiger partial charge in [-0.25, -0.2) is 0 Å². The van der Waals surface area contributed by atoms with Gasteiger partial charge in [-0.15, -0.1) is 0 Å². The second kappa shape index (κ2) is 7.19. The SMILES string of the molecule is CCc1noc(C2CCC3(CC2)NC(C)(C)C(=O)N3CC2CCCCC2)n1. The number of aryl methyl sites for hydroxylation is 1. The number of hydrogen-bond donors (Lipinski definition) is 1. The molecule has 150 valence electrons. The third-order valence-electron chi connectivity index (χ3n) is 6.97. The highest BCUT2D eigenvalue weighted by atomic mass is 16.5. The van der Waals surface area contributed by atoms with Crippen LogP contribution in [0.4, 0.5) is 0 Å². The highest BCUT2D eigenvalue weighted by molar-refractivity contribution is 5.88. The summed E-state index contributed by atoms with van der Waals surface area (Å²) in [6.07, 6.45) is 11.2. The second-order valence-electron chi connectivity index (χ2n) is 9.38. The van der Waals surface area contributed by atoms with Crippen LogP contribution in [0.15, 0.2) is 4.52 Å². The molecule has 0 aromatic carbocycles. The third kappa shape index (κ3) is 3.53. The molecule has 1 aliphatic heterocycles. The molecule has 1 saturated heterocycles. The van der Waals surface area contributed by atoms with Crippen molar-refractivity contribution in [3.63, 3.8) is 0 Å². The van der Waals surface area contributed by atoms with Gasteiger partial charge in [-0.3, -0.25) is 10.1 Å². The summed E-state index contributed by atoms with van der Waals surface area (Å²) in [5, 5.41) is 7.79. The van der Waals surface area contributed by atoms with Crippen molar-refractivity contribution in [1.82, 2.24) is 20.4 Å². The summed E-state index contributed by atoms with van der Waals surface area (Å²) in [6, 6.07) is 0. The Kier molecular flexibility index (Phi) is 5.04. The minimum atomic E-state index is -0.471. The molecular weight excluding hydrogens is 340 g/mol. The molecule has 0 unspecified atom stereocenters. The van der Waals surface area contributed by atoms with Crippen molar-refractivity contribution in [2.75, 3.05) is 6.54 Å². The molecule has 3 aliphatic rings. The Morgan fingerprint density at radius 1 is 1.15 bits per heavy atom. The summed E-state index contributed by atoms with van der Waals surface area (Å²) in [7, 11) is 0. The van der Waals surface area contributed by atoms with Crippen LogP contribution in [0.1, 0.15) is 96.2 Å². The molecule has 1 amide bonds. The van der Waals surface area contributed by atoms with E-state index in [1.807, 2.05) is 20.8 Å². The van der Waals surface area contributed by atoms with E-state index in [0.29, 0.717) is 11.8 Å². The molecule has 6 heteroatoms. The van der Waals surface area contributed by atoms with Gasteiger partial charge in [-0.2, -0.15) is 4.98 Å². The van der Waals surface area contributed by atoms with Crippen LogP contribution in [0.2, 0.25) is 0 Å². The first-order valence-electron chi connectivity index (χ1n) is 10.9.